The number of hydrogen-bond acceptors (Lipinski definition) is 6. The summed E-state index contributed by atoms with van der Waals surface area (Å²) in [5.41, 5.74) is 0.727. The lowest BCUT2D eigenvalue weighted by Gasteiger charge is -2.29. The van der Waals surface area contributed by atoms with Crippen LogP contribution < -0.4 is 10.1 Å². The molecule has 0 bridgehead atoms. The number of nitrogens with zero attached hydrogens (tertiary/aromatic N) is 1. The van der Waals surface area contributed by atoms with E-state index in [1.54, 1.807) is 12.0 Å². The number of amides is 1. The zero-order valence-electron chi connectivity index (χ0n) is 11.9. The Morgan fingerprint density at radius 1 is 1.33 bits per heavy atom. The third kappa shape index (κ3) is 2.09. The van der Waals surface area contributed by atoms with E-state index in [0.29, 0.717) is 24.1 Å². The van der Waals surface area contributed by atoms with Gasteiger partial charge in [-0.1, -0.05) is 0 Å². The average Bonchev–Trinajstić information content (AvgIpc) is 2.87. The molecule has 3 atom stereocenters. The number of phenols is 1. The predicted octanol–water partition coefficient (Wildman–Crippen LogP) is 0.722. The fourth-order valence-electron chi connectivity index (χ4n) is 3.05. The Morgan fingerprint density at radius 2 is 2.10 bits per heavy atom. The number of carbonyl (C=O) groups is 1. The number of nitrogens with one attached hydrogen (secondary N) is 1. The number of anilines is 1. The molecule has 7 nitrogen and oxygen atoms in total. The summed E-state index contributed by atoms with van der Waals surface area (Å²) in [7, 11) is 2.96. The number of fused-ring (bicyclic) bond motifs is 2. The summed E-state index contributed by atoms with van der Waals surface area (Å²) in [5.74, 6) is -0.124. The number of ether oxygens (including phenoxy) is 2. The molecule has 1 aromatic carbocycles. The molecule has 3 rings (SSSR count). The summed E-state index contributed by atoms with van der Waals surface area (Å²) >= 11 is 0. The molecule has 3 N–H and O–H groups in total. The predicted molar refractivity (Wildman–Crippen MR) is 74.3 cm³/mol. The minimum atomic E-state index is -0.914. The van der Waals surface area contributed by atoms with Crippen LogP contribution in [0.3, 0.4) is 0 Å². The van der Waals surface area contributed by atoms with Gasteiger partial charge in [0.05, 0.1) is 24.4 Å². The van der Waals surface area contributed by atoms with E-state index < -0.39 is 6.23 Å². The Bertz CT molecular complexity index is 577. The molecule has 2 aliphatic heterocycles. The first-order valence-electron chi connectivity index (χ1n) is 6.78. The molecule has 0 radical (unpaired) electrons. The van der Waals surface area contributed by atoms with Crippen molar-refractivity contribution in [2.24, 2.45) is 0 Å². The minimum absolute atomic E-state index is 0.0888. The number of carbonyl (C=O) groups excluding carboxylic acids is 1. The Kier molecular flexibility index (Phi) is 3.38. The van der Waals surface area contributed by atoms with Crippen LogP contribution in [0.1, 0.15) is 23.2 Å². The monoisotopic (exact) mass is 294 g/mol. The molecule has 1 unspecified atom stereocenters. The van der Waals surface area contributed by atoms with Gasteiger partial charge < -0.3 is 29.9 Å². The fourth-order valence-corrected chi connectivity index (χ4v) is 3.05. The van der Waals surface area contributed by atoms with Gasteiger partial charge in [-0.2, -0.15) is 0 Å². The number of aromatic hydroxyl groups is 1. The van der Waals surface area contributed by atoms with Crippen LogP contribution in [0.4, 0.5) is 5.69 Å². The van der Waals surface area contributed by atoms with Crippen molar-refractivity contribution >= 4 is 11.6 Å². The third-order valence-corrected chi connectivity index (χ3v) is 4.10. The van der Waals surface area contributed by atoms with Gasteiger partial charge in [-0.25, -0.2) is 0 Å². The van der Waals surface area contributed by atoms with E-state index in [0.717, 1.165) is 0 Å². The normalized spacial score (nSPS) is 27.7. The largest absolute Gasteiger partial charge is 0.504 e. The molecule has 2 aliphatic rings. The highest BCUT2D eigenvalue weighted by molar-refractivity contribution is 6.01. The van der Waals surface area contributed by atoms with Crippen LogP contribution in [-0.4, -0.2) is 53.7 Å². The van der Waals surface area contributed by atoms with Crippen LogP contribution in [0, 0.1) is 0 Å². The lowest BCUT2D eigenvalue weighted by Crippen LogP contribution is -2.47. The molecule has 0 saturated carbocycles. The summed E-state index contributed by atoms with van der Waals surface area (Å²) in [6, 6.07) is 2.50. The first kappa shape index (κ1) is 14.0. The first-order chi connectivity index (χ1) is 10.1. The molecule has 0 aliphatic carbocycles. The van der Waals surface area contributed by atoms with Crippen molar-refractivity contribution in [1.29, 1.82) is 0 Å². The Balaban J connectivity index is 2.09. The van der Waals surface area contributed by atoms with Crippen molar-refractivity contribution in [3.63, 3.8) is 0 Å². The molecular formula is C14H18N2O5. The summed E-state index contributed by atoms with van der Waals surface area (Å²) < 4.78 is 10.4. The van der Waals surface area contributed by atoms with E-state index in [-0.39, 0.29) is 29.7 Å². The number of aliphatic hydroxyl groups is 1. The van der Waals surface area contributed by atoms with Gasteiger partial charge in [0.25, 0.3) is 5.91 Å². The second kappa shape index (κ2) is 5.09. The highest BCUT2D eigenvalue weighted by atomic mass is 16.5. The maximum Gasteiger partial charge on any atom is 0.258 e. The van der Waals surface area contributed by atoms with Gasteiger partial charge in [0.15, 0.2) is 11.5 Å². The molecule has 114 valence electrons. The van der Waals surface area contributed by atoms with E-state index in [1.807, 2.05) is 0 Å². The smallest absolute Gasteiger partial charge is 0.258 e. The molecule has 1 amide bonds. The lowest BCUT2D eigenvalue weighted by atomic mass is 10.1. The molecule has 1 fully saturated rings. The van der Waals surface area contributed by atoms with Crippen molar-refractivity contribution in [3.8, 4) is 11.5 Å². The maximum absolute atomic E-state index is 12.8. The molecular weight excluding hydrogens is 276 g/mol. The average molecular weight is 294 g/mol. The Morgan fingerprint density at radius 3 is 2.76 bits per heavy atom. The topological polar surface area (TPSA) is 91.3 Å². The quantitative estimate of drug-likeness (QED) is 0.744. The van der Waals surface area contributed by atoms with Gasteiger partial charge in [-0.3, -0.25) is 4.79 Å². The number of methoxy groups -OCH3 is 2. The first-order valence-corrected chi connectivity index (χ1v) is 6.78. The molecule has 0 aromatic heterocycles. The Labute approximate surface area is 122 Å². The van der Waals surface area contributed by atoms with E-state index in [1.165, 1.54) is 19.2 Å². The second-order valence-electron chi connectivity index (χ2n) is 5.21. The third-order valence-electron chi connectivity index (χ3n) is 4.10. The Hall–Kier alpha value is -1.99. The van der Waals surface area contributed by atoms with Crippen molar-refractivity contribution in [2.45, 2.75) is 31.3 Å². The molecule has 21 heavy (non-hydrogen) atoms. The van der Waals surface area contributed by atoms with Gasteiger partial charge in [-0.15, -0.1) is 0 Å². The van der Waals surface area contributed by atoms with Crippen molar-refractivity contribution < 1.29 is 24.5 Å². The number of rotatable bonds is 2. The highest BCUT2D eigenvalue weighted by Crippen LogP contribution is 2.38. The van der Waals surface area contributed by atoms with E-state index in [2.05, 4.69) is 5.32 Å². The van der Waals surface area contributed by atoms with Crippen molar-refractivity contribution in [3.05, 3.63) is 17.7 Å². The fraction of sp³-hybridized carbons (Fsp3) is 0.500. The van der Waals surface area contributed by atoms with Gasteiger partial charge in [-0.05, 0) is 18.9 Å². The molecule has 2 heterocycles. The number of phenolic OH excluding ortho intramolecular Hbond substituents is 1. The molecule has 1 saturated heterocycles. The number of benzene rings is 1. The molecule has 1 aromatic rings. The van der Waals surface area contributed by atoms with Gasteiger partial charge in [0.1, 0.15) is 12.5 Å². The summed E-state index contributed by atoms with van der Waals surface area (Å²) in [6.45, 7) is 0. The zero-order chi connectivity index (χ0) is 15.1. The second-order valence-corrected chi connectivity index (χ2v) is 5.21. The van der Waals surface area contributed by atoms with E-state index in [9.17, 15) is 15.0 Å². The van der Waals surface area contributed by atoms with E-state index >= 15 is 0 Å². The maximum atomic E-state index is 12.8. The number of aliphatic hydroxyl groups excluding tert-OH is 1. The standard InChI is InChI=1S/C14H18N2O5/c1-20-11-5-7-8(6-10(11)17)15-13(18)9-3-4-12(21-2)16(9)14(7)19/h5-6,9,12-13,15,17-18H,3-4H2,1-2H3/t9?,12-,13+/m1/s1. The van der Waals surface area contributed by atoms with Crippen LogP contribution in [0.2, 0.25) is 0 Å². The number of hydrogen-bond donors (Lipinski definition) is 3. The van der Waals surface area contributed by atoms with Crippen LogP contribution in [0.5, 0.6) is 11.5 Å². The van der Waals surface area contributed by atoms with Gasteiger partial charge in [0, 0.05) is 13.2 Å². The molecule has 7 heteroatoms. The summed E-state index contributed by atoms with van der Waals surface area (Å²) in [4.78, 5) is 14.3. The molecule has 0 spiro atoms. The van der Waals surface area contributed by atoms with Crippen molar-refractivity contribution in [1.82, 2.24) is 4.90 Å². The SMILES string of the molecule is COc1cc2c(cc1O)N[C@@H](O)C1CC[C@@H](OC)N1C2=O. The summed E-state index contributed by atoms with van der Waals surface area (Å²) in [6.07, 6.45) is 0.0546. The van der Waals surface area contributed by atoms with Crippen LogP contribution >= 0.6 is 0 Å². The highest BCUT2D eigenvalue weighted by Gasteiger charge is 2.44. The van der Waals surface area contributed by atoms with E-state index in [4.69, 9.17) is 9.47 Å². The van der Waals surface area contributed by atoms with Gasteiger partial charge in [0.2, 0.25) is 0 Å². The minimum Gasteiger partial charge on any atom is -0.504 e. The van der Waals surface area contributed by atoms with Gasteiger partial charge >= 0.3 is 0 Å². The van der Waals surface area contributed by atoms with Crippen LogP contribution in [-0.2, 0) is 4.74 Å². The van der Waals surface area contributed by atoms with Crippen LogP contribution in [0.25, 0.3) is 0 Å². The zero-order valence-corrected chi connectivity index (χ0v) is 11.9. The summed E-state index contributed by atoms with van der Waals surface area (Å²) in [5, 5.41) is 23.0. The van der Waals surface area contributed by atoms with Crippen LogP contribution in [0.15, 0.2) is 12.1 Å². The lowest BCUT2D eigenvalue weighted by molar-refractivity contribution is -0.0246. The van der Waals surface area contributed by atoms with Crippen molar-refractivity contribution in [2.75, 3.05) is 19.5 Å².